The quantitative estimate of drug-likeness (QED) is 0.551. The Balaban J connectivity index is 2.43. The standard InChI is InChI=1S/C10H15O4PS3/c1-3-13-15(17,14-4-2)18-10(16)12-8-9-6-5-7-11-9/h5-7H,3-4,8H2,1-2H3. The Labute approximate surface area is 121 Å². The van der Waals surface area contributed by atoms with Crippen molar-refractivity contribution in [3.05, 3.63) is 24.2 Å². The molecule has 0 unspecified atom stereocenters. The van der Waals surface area contributed by atoms with E-state index in [1.165, 1.54) is 11.4 Å². The fraction of sp³-hybridized carbons (Fsp3) is 0.500. The summed E-state index contributed by atoms with van der Waals surface area (Å²) in [6.45, 7) is 5.00. The number of hydrogen-bond donors (Lipinski definition) is 0. The molecule has 1 aromatic rings. The predicted octanol–water partition coefficient (Wildman–Crippen LogP) is 4.11. The fourth-order valence-electron chi connectivity index (χ4n) is 1.05. The van der Waals surface area contributed by atoms with Gasteiger partial charge >= 0.3 is 0 Å². The van der Waals surface area contributed by atoms with Crippen LogP contribution >= 0.6 is 29.3 Å². The largest absolute Gasteiger partial charge is 0.470 e. The summed E-state index contributed by atoms with van der Waals surface area (Å²) in [5.41, 5.74) is -2.43. The van der Waals surface area contributed by atoms with Gasteiger partial charge in [-0.15, -0.1) is 0 Å². The van der Waals surface area contributed by atoms with E-state index in [-0.39, 0.29) is 6.61 Å². The average Bonchev–Trinajstić information content (AvgIpc) is 2.79. The second-order valence-corrected chi connectivity index (χ2v) is 9.71. The molecular weight excluding hydrogens is 311 g/mol. The molecule has 0 aliphatic carbocycles. The van der Waals surface area contributed by atoms with Crippen LogP contribution in [-0.2, 0) is 32.2 Å². The third kappa shape index (κ3) is 5.82. The molecule has 1 heterocycles. The van der Waals surface area contributed by atoms with Gasteiger partial charge in [-0.3, -0.25) is 0 Å². The zero-order valence-corrected chi connectivity index (χ0v) is 13.5. The number of ether oxygens (including phenoxy) is 1. The van der Waals surface area contributed by atoms with Gasteiger partial charge in [0.15, 0.2) is 0 Å². The molecular formula is C10H15O4PS3. The Morgan fingerprint density at radius 2 is 2.06 bits per heavy atom. The van der Waals surface area contributed by atoms with Crippen molar-refractivity contribution in [1.29, 1.82) is 0 Å². The van der Waals surface area contributed by atoms with Crippen LogP contribution in [0.4, 0.5) is 0 Å². The van der Waals surface area contributed by atoms with Gasteiger partial charge in [0.2, 0.25) is 4.38 Å². The maximum absolute atomic E-state index is 5.45. The van der Waals surface area contributed by atoms with Gasteiger partial charge in [-0.1, -0.05) is 0 Å². The first kappa shape index (κ1) is 16.1. The summed E-state index contributed by atoms with van der Waals surface area (Å²) in [6, 6.07) is 3.61. The zero-order valence-electron chi connectivity index (χ0n) is 10.2. The van der Waals surface area contributed by atoms with Crippen molar-refractivity contribution in [2.75, 3.05) is 13.2 Å². The number of thiocarbonyl (C=S) groups is 1. The molecule has 4 nitrogen and oxygen atoms in total. The Kier molecular flexibility index (Phi) is 7.44. The van der Waals surface area contributed by atoms with Crippen LogP contribution < -0.4 is 0 Å². The maximum Gasteiger partial charge on any atom is 0.255 e. The molecule has 0 fully saturated rings. The lowest BCUT2D eigenvalue weighted by atomic mass is 10.5. The van der Waals surface area contributed by atoms with Crippen LogP contribution in [0, 0.1) is 0 Å². The van der Waals surface area contributed by atoms with Crippen LogP contribution in [0.2, 0.25) is 0 Å². The summed E-state index contributed by atoms with van der Waals surface area (Å²) in [5.74, 6) is 0.707. The lowest BCUT2D eigenvalue weighted by molar-refractivity contribution is 0.270. The van der Waals surface area contributed by atoms with E-state index in [4.69, 9.17) is 42.2 Å². The van der Waals surface area contributed by atoms with E-state index in [1.54, 1.807) is 12.3 Å². The Morgan fingerprint density at radius 1 is 1.39 bits per heavy atom. The second kappa shape index (κ2) is 8.30. The summed E-state index contributed by atoms with van der Waals surface area (Å²) < 4.78 is 21.7. The molecule has 0 N–H and O–H groups in total. The summed E-state index contributed by atoms with van der Waals surface area (Å²) in [5, 5.41) is 0. The third-order valence-electron chi connectivity index (χ3n) is 1.67. The summed E-state index contributed by atoms with van der Waals surface area (Å²) >= 11 is 11.6. The predicted molar refractivity (Wildman–Crippen MR) is 81.2 cm³/mol. The first-order valence-corrected chi connectivity index (χ1v) is 9.84. The molecule has 0 atom stereocenters. The highest BCUT2D eigenvalue weighted by Gasteiger charge is 2.22. The minimum absolute atomic E-state index is 0.284. The normalized spacial score (nSPS) is 11.4. The Bertz CT molecular complexity index is 397. The van der Waals surface area contributed by atoms with Crippen LogP contribution in [0.3, 0.4) is 0 Å². The van der Waals surface area contributed by atoms with E-state index in [9.17, 15) is 0 Å². The molecule has 0 saturated carbocycles. The monoisotopic (exact) mass is 326 g/mol. The van der Waals surface area contributed by atoms with Crippen molar-refractivity contribution in [1.82, 2.24) is 0 Å². The average molecular weight is 326 g/mol. The fourth-order valence-corrected chi connectivity index (χ4v) is 6.42. The van der Waals surface area contributed by atoms with Gasteiger partial charge in [0.1, 0.15) is 12.4 Å². The number of hydrogen-bond acceptors (Lipinski definition) is 7. The maximum atomic E-state index is 5.45. The van der Waals surface area contributed by atoms with E-state index in [0.29, 0.717) is 23.4 Å². The van der Waals surface area contributed by atoms with Crippen molar-refractivity contribution < 1.29 is 18.2 Å². The van der Waals surface area contributed by atoms with Gasteiger partial charge in [-0.2, -0.15) is 0 Å². The molecule has 0 aliphatic heterocycles. The van der Waals surface area contributed by atoms with Crippen LogP contribution in [0.5, 0.6) is 0 Å². The molecule has 0 aromatic carbocycles. The van der Waals surface area contributed by atoms with Crippen molar-refractivity contribution >= 4 is 45.5 Å². The van der Waals surface area contributed by atoms with Crippen molar-refractivity contribution in [3.63, 3.8) is 0 Å². The molecule has 0 aliphatic rings. The first-order chi connectivity index (χ1) is 8.59. The minimum Gasteiger partial charge on any atom is -0.470 e. The molecule has 0 bridgehead atoms. The number of rotatable bonds is 7. The van der Waals surface area contributed by atoms with Crippen LogP contribution in [0.15, 0.2) is 22.8 Å². The lowest BCUT2D eigenvalue weighted by Gasteiger charge is -2.19. The summed E-state index contributed by atoms with van der Waals surface area (Å²) in [7, 11) is 0. The topological polar surface area (TPSA) is 40.8 Å². The van der Waals surface area contributed by atoms with Gasteiger partial charge in [0.25, 0.3) is 5.69 Å². The highest BCUT2D eigenvalue weighted by molar-refractivity contribution is 8.75. The molecule has 18 heavy (non-hydrogen) atoms. The number of furan rings is 1. The van der Waals surface area contributed by atoms with E-state index < -0.39 is 5.69 Å². The highest BCUT2D eigenvalue weighted by atomic mass is 32.9. The molecule has 1 aromatic heterocycles. The van der Waals surface area contributed by atoms with Crippen LogP contribution in [0.1, 0.15) is 19.6 Å². The van der Waals surface area contributed by atoms with E-state index >= 15 is 0 Å². The minimum atomic E-state index is -2.43. The molecule has 0 saturated heterocycles. The van der Waals surface area contributed by atoms with Gasteiger partial charge in [0, 0.05) is 11.4 Å². The van der Waals surface area contributed by atoms with Crippen LogP contribution in [-0.4, -0.2) is 17.6 Å². The van der Waals surface area contributed by atoms with Gasteiger partial charge in [-0.25, -0.2) is 0 Å². The van der Waals surface area contributed by atoms with E-state index in [0.717, 1.165) is 0 Å². The van der Waals surface area contributed by atoms with Gasteiger partial charge < -0.3 is 18.2 Å². The van der Waals surface area contributed by atoms with Crippen molar-refractivity contribution in [2.45, 2.75) is 20.5 Å². The van der Waals surface area contributed by atoms with E-state index in [1.807, 2.05) is 19.9 Å². The van der Waals surface area contributed by atoms with Crippen molar-refractivity contribution in [2.24, 2.45) is 0 Å². The first-order valence-electron chi connectivity index (χ1n) is 5.37. The molecule has 102 valence electrons. The Hall–Kier alpha value is 0.0900. The SMILES string of the molecule is CCOP(=S)(OCC)SC(=S)OCc1ccco1. The van der Waals surface area contributed by atoms with Crippen LogP contribution in [0.25, 0.3) is 0 Å². The summed E-state index contributed by atoms with van der Waals surface area (Å²) in [6.07, 6.45) is 1.58. The van der Waals surface area contributed by atoms with Gasteiger partial charge in [0.05, 0.1) is 19.5 Å². The molecule has 0 radical (unpaired) electrons. The molecule has 8 heteroatoms. The van der Waals surface area contributed by atoms with Crippen molar-refractivity contribution in [3.8, 4) is 0 Å². The third-order valence-corrected chi connectivity index (χ3v) is 7.15. The second-order valence-electron chi connectivity index (χ2n) is 2.99. The molecule has 1 rings (SSSR count). The molecule has 0 amide bonds. The smallest absolute Gasteiger partial charge is 0.255 e. The Morgan fingerprint density at radius 3 is 2.56 bits per heavy atom. The zero-order chi connectivity index (χ0) is 13.4. The van der Waals surface area contributed by atoms with Gasteiger partial charge in [-0.05, 0) is 50.0 Å². The highest BCUT2D eigenvalue weighted by Crippen LogP contribution is 2.61. The molecule has 0 spiro atoms. The summed E-state index contributed by atoms with van der Waals surface area (Å²) in [4.78, 5) is 0. The van der Waals surface area contributed by atoms with E-state index in [2.05, 4.69) is 0 Å². The lowest BCUT2D eigenvalue weighted by Crippen LogP contribution is -2.00.